The molecule has 2 aliphatic heterocycles. The summed E-state index contributed by atoms with van der Waals surface area (Å²) in [6, 6.07) is 8.81. The molecule has 0 bridgehead atoms. The van der Waals surface area contributed by atoms with Gasteiger partial charge >= 0.3 is 0 Å². The molecule has 15 heavy (non-hydrogen) atoms. The first kappa shape index (κ1) is 9.22. The summed E-state index contributed by atoms with van der Waals surface area (Å²) in [5, 5.41) is 4.85. The van der Waals surface area contributed by atoms with Crippen LogP contribution in [-0.4, -0.2) is 18.1 Å². The second-order valence-corrected chi connectivity index (χ2v) is 4.34. The van der Waals surface area contributed by atoms with Gasteiger partial charge in [-0.1, -0.05) is 18.2 Å². The predicted molar refractivity (Wildman–Crippen MR) is 62.3 cm³/mol. The van der Waals surface area contributed by atoms with Crippen molar-refractivity contribution in [3.63, 3.8) is 0 Å². The van der Waals surface area contributed by atoms with Gasteiger partial charge < -0.3 is 5.01 Å². The van der Waals surface area contributed by atoms with E-state index in [9.17, 15) is 0 Å². The number of benzene rings is 1. The minimum Gasteiger partial charge on any atom is -0.305 e. The highest BCUT2D eigenvalue weighted by Gasteiger charge is 2.24. The lowest BCUT2D eigenvalue weighted by molar-refractivity contribution is 0.340. The average molecular weight is 201 g/mol. The third kappa shape index (κ3) is 1.63. The molecule has 0 atom stereocenters. The van der Waals surface area contributed by atoms with E-state index in [-0.39, 0.29) is 0 Å². The van der Waals surface area contributed by atoms with E-state index in [1.54, 1.807) is 0 Å². The Morgan fingerprint density at radius 1 is 1.00 bits per heavy atom. The van der Waals surface area contributed by atoms with E-state index in [1.807, 2.05) is 0 Å². The second kappa shape index (κ2) is 3.86. The Bertz CT molecular complexity index is 342. The molecule has 2 heterocycles. The molecule has 1 radical (unpaired) electrons. The number of hydrogen-bond donors (Lipinski definition) is 0. The van der Waals surface area contributed by atoms with Gasteiger partial charge in [-0.25, -0.2) is 5.01 Å². The van der Waals surface area contributed by atoms with Crippen molar-refractivity contribution in [1.82, 2.24) is 5.01 Å². The molecule has 1 saturated heterocycles. The van der Waals surface area contributed by atoms with Gasteiger partial charge in [-0.2, -0.15) is 0 Å². The summed E-state index contributed by atoms with van der Waals surface area (Å²) < 4.78 is 0. The van der Waals surface area contributed by atoms with Crippen molar-refractivity contribution in [2.24, 2.45) is 0 Å². The molecule has 79 valence electrons. The molecule has 0 spiro atoms. The fourth-order valence-electron chi connectivity index (χ4n) is 2.58. The van der Waals surface area contributed by atoms with Crippen LogP contribution in [0.4, 0.5) is 5.69 Å². The Morgan fingerprint density at radius 3 is 2.80 bits per heavy atom. The number of hydrogen-bond acceptors (Lipinski definition) is 2. The zero-order valence-electron chi connectivity index (χ0n) is 9.02. The average Bonchev–Trinajstić information content (AvgIpc) is 2.82. The smallest absolute Gasteiger partial charge is 0.0554 e. The van der Waals surface area contributed by atoms with Crippen LogP contribution in [0.25, 0.3) is 0 Å². The highest BCUT2D eigenvalue weighted by molar-refractivity contribution is 5.54. The third-order valence-corrected chi connectivity index (χ3v) is 3.33. The zero-order valence-corrected chi connectivity index (χ0v) is 9.02. The molecule has 1 fully saturated rings. The van der Waals surface area contributed by atoms with Gasteiger partial charge in [0.2, 0.25) is 0 Å². The number of anilines is 1. The Balaban J connectivity index is 1.91. The van der Waals surface area contributed by atoms with Gasteiger partial charge in [0.1, 0.15) is 0 Å². The molecule has 0 aromatic heterocycles. The summed E-state index contributed by atoms with van der Waals surface area (Å²) in [4.78, 5) is 0. The first-order valence-electron chi connectivity index (χ1n) is 5.90. The number of rotatable bonds is 1. The van der Waals surface area contributed by atoms with Crippen LogP contribution in [0.15, 0.2) is 24.3 Å². The first-order chi connectivity index (χ1) is 7.45. The second-order valence-electron chi connectivity index (χ2n) is 4.34. The van der Waals surface area contributed by atoms with Gasteiger partial charge in [-0.15, -0.1) is 0 Å². The largest absolute Gasteiger partial charge is 0.305 e. The van der Waals surface area contributed by atoms with Crippen molar-refractivity contribution in [2.75, 3.05) is 18.1 Å². The van der Waals surface area contributed by atoms with Crippen LogP contribution >= 0.6 is 0 Å². The SMILES string of the molecule is [CH]1CCCN1N1CCCc2ccccc21. The van der Waals surface area contributed by atoms with Gasteiger partial charge in [0.15, 0.2) is 0 Å². The summed E-state index contributed by atoms with van der Waals surface area (Å²) in [6.45, 7) is 4.70. The Kier molecular flexibility index (Phi) is 2.37. The summed E-state index contributed by atoms with van der Waals surface area (Å²) >= 11 is 0. The molecular weight excluding hydrogens is 184 g/mol. The third-order valence-electron chi connectivity index (χ3n) is 3.33. The lowest BCUT2D eigenvalue weighted by Crippen LogP contribution is -2.42. The number of aryl methyl sites for hydroxylation is 1. The molecule has 2 aliphatic rings. The Morgan fingerprint density at radius 2 is 1.93 bits per heavy atom. The van der Waals surface area contributed by atoms with E-state index in [1.165, 1.54) is 50.0 Å². The molecule has 1 aromatic carbocycles. The van der Waals surface area contributed by atoms with E-state index in [4.69, 9.17) is 0 Å². The maximum Gasteiger partial charge on any atom is 0.0554 e. The summed E-state index contributed by atoms with van der Waals surface area (Å²) in [7, 11) is 0. The first-order valence-corrected chi connectivity index (χ1v) is 5.90. The fraction of sp³-hybridized carbons (Fsp3) is 0.462. The summed E-state index contributed by atoms with van der Waals surface area (Å²) in [5.74, 6) is 0. The summed E-state index contributed by atoms with van der Waals surface area (Å²) in [6.07, 6.45) is 5.05. The molecule has 0 aliphatic carbocycles. The minimum absolute atomic E-state index is 1.17. The summed E-state index contributed by atoms with van der Waals surface area (Å²) in [5.41, 5.74) is 2.92. The van der Waals surface area contributed by atoms with Crippen molar-refractivity contribution in [1.29, 1.82) is 0 Å². The van der Waals surface area contributed by atoms with Crippen LogP contribution in [0.1, 0.15) is 24.8 Å². The van der Waals surface area contributed by atoms with Crippen molar-refractivity contribution in [3.8, 4) is 0 Å². The molecule has 2 heteroatoms. The predicted octanol–water partition coefficient (Wildman–Crippen LogP) is 2.61. The maximum absolute atomic E-state index is 2.45. The van der Waals surface area contributed by atoms with E-state index in [0.29, 0.717) is 0 Å². The van der Waals surface area contributed by atoms with Gasteiger partial charge in [-0.3, -0.25) is 0 Å². The molecule has 3 rings (SSSR count). The van der Waals surface area contributed by atoms with Gasteiger partial charge in [0, 0.05) is 19.6 Å². The monoisotopic (exact) mass is 201 g/mol. The number of para-hydroxylation sites is 1. The lowest BCUT2D eigenvalue weighted by Gasteiger charge is -2.37. The van der Waals surface area contributed by atoms with Crippen LogP contribution in [0.2, 0.25) is 0 Å². The number of fused-ring (bicyclic) bond motifs is 1. The highest BCUT2D eigenvalue weighted by atomic mass is 15.6. The van der Waals surface area contributed by atoms with Gasteiger partial charge in [-0.05, 0) is 37.3 Å². The van der Waals surface area contributed by atoms with Crippen molar-refractivity contribution < 1.29 is 0 Å². The number of hydrazine groups is 1. The Hall–Kier alpha value is -1.02. The van der Waals surface area contributed by atoms with Gasteiger partial charge in [0.05, 0.1) is 5.69 Å². The van der Waals surface area contributed by atoms with E-state index >= 15 is 0 Å². The lowest BCUT2D eigenvalue weighted by atomic mass is 10.0. The highest BCUT2D eigenvalue weighted by Crippen LogP contribution is 2.30. The van der Waals surface area contributed by atoms with Crippen molar-refractivity contribution >= 4 is 5.69 Å². The van der Waals surface area contributed by atoms with E-state index < -0.39 is 0 Å². The van der Waals surface area contributed by atoms with E-state index in [2.05, 4.69) is 40.8 Å². The topological polar surface area (TPSA) is 6.48 Å². The molecular formula is C13H17N2. The fourth-order valence-corrected chi connectivity index (χ4v) is 2.58. The molecule has 1 aromatic rings. The van der Waals surface area contributed by atoms with Crippen molar-refractivity contribution in [2.45, 2.75) is 25.7 Å². The zero-order chi connectivity index (χ0) is 10.1. The molecule has 2 nitrogen and oxygen atoms in total. The molecule has 0 saturated carbocycles. The van der Waals surface area contributed by atoms with Gasteiger partial charge in [0.25, 0.3) is 0 Å². The van der Waals surface area contributed by atoms with Crippen LogP contribution in [-0.2, 0) is 6.42 Å². The molecule has 0 amide bonds. The quantitative estimate of drug-likeness (QED) is 0.689. The van der Waals surface area contributed by atoms with E-state index in [0.717, 1.165) is 0 Å². The minimum atomic E-state index is 1.17. The van der Waals surface area contributed by atoms with Crippen molar-refractivity contribution in [3.05, 3.63) is 36.4 Å². The van der Waals surface area contributed by atoms with Crippen LogP contribution in [0.5, 0.6) is 0 Å². The van der Waals surface area contributed by atoms with Crippen LogP contribution in [0, 0.1) is 6.54 Å². The normalized spacial score (nSPS) is 21.7. The molecule has 0 unspecified atom stereocenters. The van der Waals surface area contributed by atoms with Crippen LogP contribution in [0.3, 0.4) is 0 Å². The molecule has 0 N–H and O–H groups in total. The Labute approximate surface area is 91.5 Å². The van der Waals surface area contributed by atoms with Crippen LogP contribution < -0.4 is 5.01 Å². The maximum atomic E-state index is 2.45. The number of nitrogens with zero attached hydrogens (tertiary/aromatic N) is 2. The standard InChI is InChI=1S/C13H17N2/c1-2-8-13-12(6-1)7-5-11-15(13)14-9-3-4-10-14/h1-2,6,8-9H,3-5,7,10-11H2.